The molecule has 86 valence electrons. The molecule has 0 saturated carbocycles. The van der Waals surface area contributed by atoms with Gasteiger partial charge in [-0.1, -0.05) is 18.2 Å². The van der Waals surface area contributed by atoms with Crippen LogP contribution in [0.25, 0.3) is 0 Å². The van der Waals surface area contributed by atoms with Crippen molar-refractivity contribution in [3.8, 4) is 0 Å². The smallest absolute Gasteiger partial charge is 0.338 e. The van der Waals surface area contributed by atoms with Gasteiger partial charge in [-0.25, -0.2) is 4.79 Å². The van der Waals surface area contributed by atoms with E-state index in [1.807, 2.05) is 6.07 Å². The van der Waals surface area contributed by atoms with Gasteiger partial charge in [0.05, 0.1) is 5.56 Å². The van der Waals surface area contributed by atoms with Gasteiger partial charge in [-0.2, -0.15) is 0 Å². The van der Waals surface area contributed by atoms with Crippen molar-refractivity contribution < 1.29 is 14.1 Å². The summed E-state index contributed by atoms with van der Waals surface area (Å²) in [6, 6.07) is 8.87. The average molecular weight is 238 g/mol. The van der Waals surface area contributed by atoms with Crippen molar-refractivity contribution in [3.05, 3.63) is 35.9 Å². The first-order valence-corrected chi connectivity index (χ1v) is 6.75. The summed E-state index contributed by atoms with van der Waals surface area (Å²) in [5.74, 6) is 0.414. The molecule has 1 aliphatic rings. The van der Waals surface area contributed by atoms with E-state index < -0.39 is 11.2 Å². The number of esters is 1. The van der Waals surface area contributed by atoms with Crippen LogP contribution in [-0.2, 0) is 15.9 Å². The molecule has 16 heavy (non-hydrogen) atoms. The van der Waals surface area contributed by atoms with Gasteiger partial charge in [-0.3, -0.25) is 0 Å². The zero-order valence-electron chi connectivity index (χ0n) is 8.93. The number of ether oxygens (including phenoxy) is 1. The molecule has 0 spiro atoms. The van der Waals surface area contributed by atoms with Crippen LogP contribution in [0.2, 0.25) is 0 Å². The van der Waals surface area contributed by atoms with E-state index in [-0.39, 0.29) is 17.8 Å². The third-order valence-electron chi connectivity index (χ3n) is 2.65. The van der Waals surface area contributed by atoms with Crippen LogP contribution in [-0.4, -0.2) is 28.1 Å². The Morgan fingerprint density at radius 2 is 2.19 bits per heavy atom. The summed E-state index contributed by atoms with van der Waals surface area (Å²) in [5, 5.41) is 0.0349. The monoisotopic (exact) mass is 238 g/mol. The lowest BCUT2D eigenvalue weighted by atomic mass is 10.2. The second-order valence-corrected chi connectivity index (χ2v) is 5.65. The Hall–Kier alpha value is -1.00. The highest BCUT2D eigenvalue weighted by Crippen LogP contribution is 2.20. The molecule has 1 aromatic rings. The Labute approximate surface area is 98.0 Å². The zero-order valence-corrected chi connectivity index (χ0v) is 9.74. The molecule has 2 atom stereocenters. The van der Waals surface area contributed by atoms with Gasteiger partial charge in [0.25, 0.3) is 0 Å². The highest BCUT2D eigenvalue weighted by molar-refractivity contribution is 7.92. The summed E-state index contributed by atoms with van der Waals surface area (Å²) in [4.78, 5) is 11.6. The normalized spacial score (nSPS) is 24.3. The summed E-state index contributed by atoms with van der Waals surface area (Å²) in [6.07, 6.45) is 1.87. The van der Waals surface area contributed by atoms with Crippen molar-refractivity contribution in [2.45, 2.75) is 18.1 Å². The van der Waals surface area contributed by atoms with Crippen LogP contribution < -0.4 is 0 Å². The minimum atomic E-state index is -0.811. The minimum Gasteiger partial charge on any atom is -0.616 e. The lowest BCUT2D eigenvalue weighted by Gasteiger charge is -2.13. The van der Waals surface area contributed by atoms with E-state index in [4.69, 9.17) is 4.74 Å². The predicted octanol–water partition coefficient (Wildman–Crippen LogP) is 1.75. The molecular weight excluding hydrogens is 224 g/mol. The van der Waals surface area contributed by atoms with Crippen molar-refractivity contribution in [1.29, 1.82) is 0 Å². The van der Waals surface area contributed by atoms with Crippen molar-refractivity contribution >= 4 is 17.1 Å². The average Bonchev–Trinajstić information content (AvgIpc) is 2.73. The SMILES string of the molecule is O=C(OC[C@@H]1CCC[S+]1[O-])c1ccccc1. The molecule has 1 aromatic carbocycles. The lowest BCUT2D eigenvalue weighted by molar-refractivity contribution is 0.0504. The first kappa shape index (κ1) is 11.5. The number of hydrogen-bond donors (Lipinski definition) is 0. The number of carbonyl (C=O) groups excluding carboxylic acids is 1. The van der Waals surface area contributed by atoms with E-state index in [0.29, 0.717) is 5.56 Å². The first-order valence-electron chi connectivity index (χ1n) is 5.37. The lowest BCUT2D eigenvalue weighted by Crippen LogP contribution is -2.24. The summed E-state index contributed by atoms with van der Waals surface area (Å²) in [5.41, 5.74) is 0.547. The molecule has 0 N–H and O–H groups in total. The fourth-order valence-electron chi connectivity index (χ4n) is 1.74. The van der Waals surface area contributed by atoms with Gasteiger partial charge in [0, 0.05) is 6.42 Å². The summed E-state index contributed by atoms with van der Waals surface area (Å²) in [6.45, 7) is 0.278. The molecule has 4 heteroatoms. The van der Waals surface area contributed by atoms with E-state index in [1.165, 1.54) is 0 Å². The van der Waals surface area contributed by atoms with E-state index in [2.05, 4.69) is 0 Å². The second kappa shape index (κ2) is 5.37. The quantitative estimate of drug-likeness (QED) is 0.595. The molecule has 1 saturated heterocycles. The second-order valence-electron chi connectivity index (χ2n) is 3.81. The Morgan fingerprint density at radius 1 is 1.44 bits per heavy atom. The van der Waals surface area contributed by atoms with E-state index in [1.54, 1.807) is 24.3 Å². The molecular formula is C12H14O3S. The molecule has 0 aromatic heterocycles. The van der Waals surface area contributed by atoms with Crippen LogP contribution in [0.5, 0.6) is 0 Å². The fourth-order valence-corrected chi connectivity index (χ4v) is 3.17. The first-order chi connectivity index (χ1) is 7.77. The molecule has 0 aliphatic carbocycles. The Morgan fingerprint density at radius 3 is 2.81 bits per heavy atom. The molecule has 1 unspecified atom stereocenters. The largest absolute Gasteiger partial charge is 0.616 e. The Balaban J connectivity index is 1.84. The van der Waals surface area contributed by atoms with Crippen molar-refractivity contribution in [1.82, 2.24) is 0 Å². The summed E-state index contributed by atoms with van der Waals surface area (Å²) in [7, 11) is 0. The Bertz CT molecular complexity index is 353. The van der Waals surface area contributed by atoms with Crippen LogP contribution in [0.15, 0.2) is 30.3 Å². The minimum absolute atomic E-state index is 0.0349. The van der Waals surface area contributed by atoms with Gasteiger partial charge in [0.15, 0.2) is 0 Å². The van der Waals surface area contributed by atoms with Crippen molar-refractivity contribution in [2.24, 2.45) is 0 Å². The van der Waals surface area contributed by atoms with Crippen molar-refractivity contribution in [2.75, 3.05) is 12.4 Å². The molecule has 1 fully saturated rings. The maximum Gasteiger partial charge on any atom is 0.338 e. The third kappa shape index (κ3) is 2.77. The molecule has 0 amide bonds. The van der Waals surface area contributed by atoms with E-state index in [0.717, 1.165) is 18.6 Å². The van der Waals surface area contributed by atoms with Crippen LogP contribution in [0, 0.1) is 0 Å². The number of benzene rings is 1. The van der Waals surface area contributed by atoms with Crippen LogP contribution in [0.1, 0.15) is 23.2 Å². The Kier molecular flexibility index (Phi) is 3.85. The number of rotatable bonds is 3. The highest BCUT2D eigenvalue weighted by Gasteiger charge is 2.30. The molecule has 2 rings (SSSR count). The maximum atomic E-state index is 11.6. The van der Waals surface area contributed by atoms with Gasteiger partial charge in [-0.15, -0.1) is 0 Å². The number of carbonyl (C=O) groups is 1. The third-order valence-corrected chi connectivity index (χ3v) is 4.46. The summed E-state index contributed by atoms with van der Waals surface area (Å²) >= 11 is -0.811. The highest BCUT2D eigenvalue weighted by atomic mass is 32.2. The van der Waals surface area contributed by atoms with Gasteiger partial charge in [0.1, 0.15) is 17.6 Å². The molecule has 1 heterocycles. The maximum absolute atomic E-state index is 11.6. The molecule has 1 aliphatic heterocycles. The predicted molar refractivity (Wildman–Crippen MR) is 62.8 cm³/mol. The van der Waals surface area contributed by atoms with Crippen LogP contribution >= 0.6 is 0 Å². The molecule has 0 bridgehead atoms. The van der Waals surface area contributed by atoms with Gasteiger partial charge < -0.3 is 9.29 Å². The standard InChI is InChI=1S/C12H14O3S/c13-12(10-5-2-1-3-6-10)15-9-11-7-4-8-16(11)14/h1-3,5-6,11H,4,7-9H2/t11-,16?/m0/s1. The van der Waals surface area contributed by atoms with Crippen molar-refractivity contribution in [3.63, 3.8) is 0 Å². The van der Waals surface area contributed by atoms with Gasteiger partial charge in [0.2, 0.25) is 0 Å². The summed E-state index contributed by atoms with van der Waals surface area (Å²) < 4.78 is 16.6. The van der Waals surface area contributed by atoms with E-state index >= 15 is 0 Å². The van der Waals surface area contributed by atoms with E-state index in [9.17, 15) is 9.35 Å². The fraction of sp³-hybridized carbons (Fsp3) is 0.417. The van der Waals surface area contributed by atoms with Gasteiger partial charge >= 0.3 is 5.97 Å². The topological polar surface area (TPSA) is 49.4 Å². The number of hydrogen-bond acceptors (Lipinski definition) is 3. The van der Waals surface area contributed by atoms with Gasteiger partial charge in [-0.05, 0) is 29.7 Å². The zero-order chi connectivity index (χ0) is 11.4. The van der Waals surface area contributed by atoms with Crippen LogP contribution in [0.3, 0.4) is 0 Å². The molecule has 0 radical (unpaired) electrons. The molecule has 3 nitrogen and oxygen atoms in total. The van der Waals surface area contributed by atoms with Crippen LogP contribution in [0.4, 0.5) is 0 Å².